The van der Waals surface area contributed by atoms with Crippen LogP contribution >= 0.6 is 0 Å². The molecule has 1 aliphatic heterocycles. The molecule has 1 saturated carbocycles. The highest BCUT2D eigenvalue weighted by atomic mass is 19.1. The molecular formula is C16H22FNO. The zero-order valence-corrected chi connectivity index (χ0v) is 11.5. The van der Waals surface area contributed by atoms with Gasteiger partial charge in [-0.05, 0) is 68.8 Å². The Labute approximate surface area is 114 Å². The first-order valence-corrected chi connectivity index (χ1v) is 7.31. The topological polar surface area (TPSA) is 23.5 Å². The maximum absolute atomic E-state index is 13.4. The molecule has 1 saturated heterocycles. The lowest BCUT2D eigenvalue weighted by Gasteiger charge is -2.33. The van der Waals surface area contributed by atoms with Gasteiger partial charge in [0.1, 0.15) is 11.4 Å². The van der Waals surface area contributed by atoms with Crippen molar-refractivity contribution in [3.8, 4) is 0 Å². The van der Waals surface area contributed by atoms with Gasteiger partial charge in [-0.1, -0.05) is 12.1 Å². The van der Waals surface area contributed by atoms with Crippen molar-refractivity contribution in [1.82, 2.24) is 4.90 Å². The molecule has 3 heteroatoms. The van der Waals surface area contributed by atoms with Crippen LogP contribution in [0.25, 0.3) is 0 Å². The van der Waals surface area contributed by atoms with E-state index in [1.807, 2.05) is 6.07 Å². The van der Waals surface area contributed by atoms with Crippen LogP contribution in [-0.4, -0.2) is 29.6 Å². The molecule has 19 heavy (non-hydrogen) atoms. The monoisotopic (exact) mass is 263 g/mol. The Morgan fingerprint density at radius 2 is 2.00 bits per heavy atom. The molecule has 0 amide bonds. The molecule has 1 aliphatic carbocycles. The number of hydrogen-bond acceptors (Lipinski definition) is 2. The van der Waals surface area contributed by atoms with Crippen molar-refractivity contribution in [3.63, 3.8) is 0 Å². The molecule has 2 fully saturated rings. The van der Waals surface area contributed by atoms with Gasteiger partial charge in [0.25, 0.3) is 0 Å². The van der Waals surface area contributed by atoms with Gasteiger partial charge in [0.15, 0.2) is 0 Å². The van der Waals surface area contributed by atoms with Crippen molar-refractivity contribution in [2.75, 3.05) is 19.6 Å². The van der Waals surface area contributed by atoms with E-state index in [1.54, 1.807) is 13.0 Å². The molecule has 104 valence electrons. The molecule has 0 aromatic heterocycles. The molecule has 0 bridgehead atoms. The first-order valence-electron chi connectivity index (χ1n) is 7.31. The summed E-state index contributed by atoms with van der Waals surface area (Å²) in [6, 6.07) is 5.07. The Hall–Kier alpha value is -0.930. The molecule has 1 aromatic carbocycles. The number of hydrogen-bond donors (Lipinski definition) is 1. The van der Waals surface area contributed by atoms with Crippen LogP contribution in [0.5, 0.6) is 0 Å². The largest absolute Gasteiger partial charge is 0.384 e. The fraction of sp³-hybridized carbons (Fsp3) is 0.625. The lowest BCUT2D eigenvalue weighted by atomic mass is 9.87. The molecule has 1 atom stereocenters. The van der Waals surface area contributed by atoms with Gasteiger partial charge in [0.05, 0.1) is 0 Å². The number of nitrogens with zero attached hydrogens (tertiary/aromatic N) is 1. The minimum absolute atomic E-state index is 0.192. The van der Waals surface area contributed by atoms with E-state index >= 15 is 0 Å². The van der Waals surface area contributed by atoms with E-state index in [0.29, 0.717) is 18.0 Å². The van der Waals surface area contributed by atoms with E-state index in [1.165, 1.54) is 18.9 Å². The quantitative estimate of drug-likeness (QED) is 0.903. The van der Waals surface area contributed by atoms with Gasteiger partial charge in [-0.15, -0.1) is 0 Å². The van der Waals surface area contributed by atoms with E-state index < -0.39 is 5.60 Å². The highest BCUT2D eigenvalue weighted by Crippen LogP contribution is 2.46. The Morgan fingerprint density at radius 3 is 2.58 bits per heavy atom. The third-order valence-electron chi connectivity index (χ3n) is 4.57. The van der Waals surface area contributed by atoms with Crippen molar-refractivity contribution < 1.29 is 9.50 Å². The molecule has 1 heterocycles. The average molecular weight is 263 g/mol. The van der Waals surface area contributed by atoms with Crippen LogP contribution in [0.2, 0.25) is 0 Å². The number of halogens is 1. The predicted octanol–water partition coefficient (Wildman–Crippen LogP) is 2.83. The number of aryl methyl sites for hydroxylation is 1. The molecule has 1 aromatic rings. The van der Waals surface area contributed by atoms with Gasteiger partial charge in [0, 0.05) is 6.54 Å². The fourth-order valence-corrected chi connectivity index (χ4v) is 3.21. The van der Waals surface area contributed by atoms with Crippen LogP contribution in [0.4, 0.5) is 4.39 Å². The summed E-state index contributed by atoms with van der Waals surface area (Å²) in [6.07, 6.45) is 4.62. The Morgan fingerprint density at radius 1 is 1.32 bits per heavy atom. The summed E-state index contributed by atoms with van der Waals surface area (Å²) in [4.78, 5) is 2.34. The van der Waals surface area contributed by atoms with Crippen LogP contribution in [0.1, 0.15) is 36.8 Å². The second-order valence-corrected chi connectivity index (χ2v) is 6.15. The fourth-order valence-electron chi connectivity index (χ4n) is 3.21. The molecule has 3 rings (SSSR count). The van der Waals surface area contributed by atoms with Crippen molar-refractivity contribution in [1.29, 1.82) is 0 Å². The molecule has 2 aliphatic rings. The highest BCUT2D eigenvalue weighted by Gasteiger charge is 2.46. The lowest BCUT2D eigenvalue weighted by Crippen LogP contribution is -2.41. The summed E-state index contributed by atoms with van der Waals surface area (Å²) >= 11 is 0. The van der Waals surface area contributed by atoms with Gasteiger partial charge >= 0.3 is 0 Å². The zero-order valence-electron chi connectivity index (χ0n) is 11.5. The van der Waals surface area contributed by atoms with Crippen molar-refractivity contribution >= 4 is 0 Å². The normalized spacial score (nSPS) is 23.5. The molecular weight excluding hydrogens is 241 g/mol. The van der Waals surface area contributed by atoms with Crippen molar-refractivity contribution in [2.24, 2.45) is 5.92 Å². The lowest BCUT2D eigenvalue weighted by molar-refractivity contribution is -0.0159. The van der Waals surface area contributed by atoms with Crippen molar-refractivity contribution in [2.45, 2.75) is 38.2 Å². The van der Waals surface area contributed by atoms with E-state index in [4.69, 9.17) is 0 Å². The van der Waals surface area contributed by atoms with Crippen LogP contribution in [0, 0.1) is 18.7 Å². The van der Waals surface area contributed by atoms with Crippen LogP contribution in [0.15, 0.2) is 18.2 Å². The maximum Gasteiger partial charge on any atom is 0.126 e. The van der Waals surface area contributed by atoms with Gasteiger partial charge in [-0.2, -0.15) is 0 Å². The third kappa shape index (κ3) is 2.54. The number of likely N-dealkylation sites (tertiary alicyclic amines) is 1. The predicted molar refractivity (Wildman–Crippen MR) is 73.4 cm³/mol. The Bertz CT molecular complexity index is 466. The summed E-state index contributed by atoms with van der Waals surface area (Å²) in [5.41, 5.74) is 0.724. The summed E-state index contributed by atoms with van der Waals surface area (Å²) < 4.78 is 13.4. The minimum atomic E-state index is -0.789. The van der Waals surface area contributed by atoms with Gasteiger partial charge in [-0.25, -0.2) is 4.39 Å². The second kappa shape index (κ2) is 4.88. The van der Waals surface area contributed by atoms with E-state index in [2.05, 4.69) is 4.90 Å². The Balaban J connectivity index is 1.87. The second-order valence-electron chi connectivity index (χ2n) is 6.15. The standard InChI is InChI=1S/C16H22FNO/c1-12-10-14(6-7-15(12)17)16(19,13-4-5-13)11-18-8-2-3-9-18/h6-7,10,13,19H,2-5,8-9,11H2,1H3. The first-order chi connectivity index (χ1) is 9.09. The summed E-state index contributed by atoms with van der Waals surface area (Å²) in [5, 5.41) is 11.1. The molecule has 0 radical (unpaired) electrons. The van der Waals surface area contributed by atoms with E-state index in [0.717, 1.165) is 31.5 Å². The average Bonchev–Trinajstić information content (AvgIpc) is 3.13. The number of aliphatic hydroxyl groups is 1. The number of benzene rings is 1. The zero-order chi connectivity index (χ0) is 13.5. The molecule has 0 spiro atoms. The van der Waals surface area contributed by atoms with Crippen LogP contribution in [0.3, 0.4) is 0 Å². The maximum atomic E-state index is 13.4. The SMILES string of the molecule is Cc1cc(C(O)(CN2CCCC2)C2CC2)ccc1F. The molecule has 1 N–H and O–H groups in total. The highest BCUT2D eigenvalue weighted by molar-refractivity contribution is 5.31. The minimum Gasteiger partial charge on any atom is -0.384 e. The summed E-state index contributed by atoms with van der Waals surface area (Å²) in [7, 11) is 0. The van der Waals surface area contributed by atoms with E-state index in [9.17, 15) is 9.50 Å². The number of β-amino-alcohol motifs (C(OH)–C–C–N with tert-alkyl or cyclic N) is 1. The third-order valence-corrected chi connectivity index (χ3v) is 4.57. The van der Waals surface area contributed by atoms with Crippen LogP contribution < -0.4 is 0 Å². The van der Waals surface area contributed by atoms with Crippen LogP contribution in [-0.2, 0) is 5.60 Å². The summed E-state index contributed by atoms with van der Waals surface area (Å²) in [6.45, 7) is 4.62. The molecule has 2 nitrogen and oxygen atoms in total. The first kappa shape index (κ1) is 13.1. The summed E-state index contributed by atoms with van der Waals surface area (Å²) in [5.74, 6) is 0.154. The van der Waals surface area contributed by atoms with Gasteiger partial charge in [-0.3, -0.25) is 0 Å². The molecule has 1 unspecified atom stereocenters. The van der Waals surface area contributed by atoms with Gasteiger partial charge < -0.3 is 10.0 Å². The smallest absolute Gasteiger partial charge is 0.126 e. The van der Waals surface area contributed by atoms with Gasteiger partial charge in [0.2, 0.25) is 0 Å². The van der Waals surface area contributed by atoms with E-state index in [-0.39, 0.29) is 5.82 Å². The Kier molecular flexibility index (Phi) is 3.35. The van der Waals surface area contributed by atoms with Crippen molar-refractivity contribution in [3.05, 3.63) is 35.1 Å². The number of rotatable bonds is 4.